The first-order valence-electron chi connectivity index (χ1n) is 4.71. The quantitative estimate of drug-likeness (QED) is 0.420. The summed E-state index contributed by atoms with van der Waals surface area (Å²) in [5, 5.41) is 27.2. The number of esters is 2. The molecule has 1 heterocycles. The third-order valence-electron chi connectivity index (χ3n) is 2.44. The van der Waals surface area contributed by atoms with Crippen LogP contribution >= 0.6 is 0 Å². The van der Waals surface area contributed by atoms with Gasteiger partial charge in [0.2, 0.25) is 0 Å². The van der Waals surface area contributed by atoms with Crippen LogP contribution < -0.4 is 0 Å². The minimum absolute atomic E-state index is 0.0247. The highest BCUT2D eigenvalue weighted by Gasteiger charge is 2.31. The van der Waals surface area contributed by atoms with E-state index in [4.69, 9.17) is 10.4 Å². The smallest absolute Gasteiger partial charge is 0.346 e. The van der Waals surface area contributed by atoms with Gasteiger partial charge in [-0.3, -0.25) is 0 Å². The fraction of sp³-hybridized carbons (Fsp3) is 0.182. The average molecular weight is 233 g/mol. The summed E-state index contributed by atoms with van der Waals surface area (Å²) in [6.45, 7) is 0. The van der Waals surface area contributed by atoms with Crippen molar-refractivity contribution in [1.29, 1.82) is 5.26 Å². The third kappa shape index (κ3) is 1.78. The number of aliphatic hydroxyl groups is 2. The second kappa shape index (κ2) is 3.97. The number of nitriles is 1. The van der Waals surface area contributed by atoms with Gasteiger partial charge in [-0.05, 0) is 17.7 Å². The highest BCUT2D eigenvalue weighted by Crippen LogP contribution is 2.25. The number of nitrogens with zero attached hydrogens (tertiary/aromatic N) is 1. The third-order valence-corrected chi connectivity index (χ3v) is 2.44. The zero-order valence-corrected chi connectivity index (χ0v) is 8.45. The maximum atomic E-state index is 11.2. The number of hydrogen-bond acceptors (Lipinski definition) is 6. The van der Waals surface area contributed by atoms with Crippen LogP contribution in [0.4, 0.5) is 0 Å². The van der Waals surface area contributed by atoms with Crippen LogP contribution in [-0.4, -0.2) is 28.3 Å². The summed E-state index contributed by atoms with van der Waals surface area (Å²) in [7, 11) is 0. The van der Waals surface area contributed by atoms with Crippen molar-refractivity contribution in [3.05, 3.63) is 34.9 Å². The lowest BCUT2D eigenvalue weighted by Gasteiger charge is -2.11. The minimum Gasteiger partial charge on any atom is -0.386 e. The summed E-state index contributed by atoms with van der Waals surface area (Å²) in [4.78, 5) is 22.4. The molecule has 2 rings (SSSR count). The highest BCUT2D eigenvalue weighted by atomic mass is 16.6. The Bertz CT molecular complexity index is 545. The number of carbonyl (C=O) groups is 2. The molecule has 1 aliphatic rings. The molecule has 0 aliphatic carbocycles. The second-order valence-electron chi connectivity index (χ2n) is 3.50. The summed E-state index contributed by atoms with van der Waals surface area (Å²) in [5.41, 5.74) is 0.304. The molecule has 2 atom stereocenters. The van der Waals surface area contributed by atoms with Crippen molar-refractivity contribution in [3.63, 3.8) is 0 Å². The Morgan fingerprint density at radius 3 is 2.47 bits per heavy atom. The van der Waals surface area contributed by atoms with Gasteiger partial charge in [0.15, 0.2) is 6.10 Å². The van der Waals surface area contributed by atoms with Crippen LogP contribution in [0.5, 0.6) is 0 Å². The van der Waals surface area contributed by atoms with Crippen molar-refractivity contribution in [3.8, 4) is 6.07 Å². The standard InChI is InChI=1S/C11H7NO5/c12-4-8(13)9(14)5-1-2-6-7(3-5)11(16)17-10(6)15/h1-3,8-9,13-14H. The van der Waals surface area contributed by atoms with E-state index in [1.165, 1.54) is 24.3 Å². The first kappa shape index (κ1) is 11.3. The molecule has 0 radical (unpaired) electrons. The first-order valence-corrected chi connectivity index (χ1v) is 4.71. The lowest BCUT2D eigenvalue weighted by atomic mass is 10.00. The van der Waals surface area contributed by atoms with E-state index in [0.717, 1.165) is 0 Å². The molecule has 0 spiro atoms. The summed E-state index contributed by atoms with van der Waals surface area (Å²) >= 11 is 0. The minimum atomic E-state index is -1.60. The normalized spacial score (nSPS) is 17.0. The van der Waals surface area contributed by atoms with E-state index in [-0.39, 0.29) is 16.7 Å². The molecule has 1 aliphatic heterocycles. The van der Waals surface area contributed by atoms with Gasteiger partial charge in [0.1, 0.15) is 6.10 Å². The molecule has 1 aromatic carbocycles. The van der Waals surface area contributed by atoms with Crippen molar-refractivity contribution in [1.82, 2.24) is 0 Å². The van der Waals surface area contributed by atoms with Crippen LogP contribution in [0, 0.1) is 11.3 Å². The van der Waals surface area contributed by atoms with Crippen LogP contribution in [0.1, 0.15) is 32.4 Å². The van der Waals surface area contributed by atoms with Gasteiger partial charge in [-0.2, -0.15) is 5.26 Å². The van der Waals surface area contributed by atoms with Crippen molar-refractivity contribution >= 4 is 11.9 Å². The van der Waals surface area contributed by atoms with Crippen LogP contribution in [-0.2, 0) is 4.74 Å². The first-order chi connectivity index (χ1) is 8.04. The summed E-state index contributed by atoms with van der Waals surface area (Å²) in [6, 6.07) is 5.37. The van der Waals surface area contributed by atoms with Gasteiger partial charge in [0.05, 0.1) is 17.2 Å². The van der Waals surface area contributed by atoms with Crippen LogP contribution in [0.3, 0.4) is 0 Å². The Kier molecular flexibility index (Phi) is 2.63. The Labute approximate surface area is 95.7 Å². The molecule has 0 saturated heterocycles. The summed E-state index contributed by atoms with van der Waals surface area (Å²) < 4.78 is 4.37. The number of aliphatic hydroxyl groups excluding tert-OH is 2. The monoisotopic (exact) mass is 233 g/mol. The largest absolute Gasteiger partial charge is 0.386 e. The second-order valence-corrected chi connectivity index (χ2v) is 3.50. The van der Waals surface area contributed by atoms with Gasteiger partial charge in [-0.25, -0.2) is 9.59 Å². The number of benzene rings is 1. The number of rotatable bonds is 2. The van der Waals surface area contributed by atoms with Gasteiger partial charge in [-0.15, -0.1) is 0 Å². The average Bonchev–Trinajstić information content (AvgIpc) is 2.62. The van der Waals surface area contributed by atoms with E-state index in [1.54, 1.807) is 0 Å². The molecule has 0 aromatic heterocycles. The lowest BCUT2D eigenvalue weighted by molar-refractivity contribution is 0.0443. The predicted octanol–water partition coefficient (Wildman–Crippen LogP) is -0.0849. The molecule has 2 unspecified atom stereocenters. The van der Waals surface area contributed by atoms with E-state index in [9.17, 15) is 14.7 Å². The molecular weight excluding hydrogens is 226 g/mol. The number of hydrogen-bond donors (Lipinski definition) is 2. The fourth-order valence-electron chi connectivity index (χ4n) is 1.54. The molecule has 0 fully saturated rings. The van der Waals surface area contributed by atoms with Crippen LogP contribution in [0.15, 0.2) is 18.2 Å². The highest BCUT2D eigenvalue weighted by molar-refractivity contribution is 6.14. The fourth-order valence-corrected chi connectivity index (χ4v) is 1.54. The van der Waals surface area contributed by atoms with Crippen molar-refractivity contribution in [2.24, 2.45) is 0 Å². The summed E-state index contributed by atoms with van der Waals surface area (Å²) in [5.74, 6) is -1.54. The molecule has 0 amide bonds. The molecule has 86 valence electrons. The number of fused-ring (bicyclic) bond motifs is 1. The maximum Gasteiger partial charge on any atom is 0.346 e. The van der Waals surface area contributed by atoms with E-state index in [2.05, 4.69) is 4.74 Å². The van der Waals surface area contributed by atoms with Gasteiger partial charge in [-0.1, -0.05) is 6.07 Å². The Balaban J connectivity index is 2.42. The molecular formula is C11H7NO5. The number of cyclic esters (lactones) is 2. The van der Waals surface area contributed by atoms with Crippen molar-refractivity contribution in [2.45, 2.75) is 12.2 Å². The van der Waals surface area contributed by atoms with E-state index in [1.807, 2.05) is 0 Å². The number of ether oxygens (including phenoxy) is 1. The van der Waals surface area contributed by atoms with E-state index >= 15 is 0 Å². The Hall–Kier alpha value is -2.23. The topological polar surface area (TPSA) is 108 Å². The molecule has 17 heavy (non-hydrogen) atoms. The molecule has 6 heteroatoms. The van der Waals surface area contributed by atoms with Crippen molar-refractivity contribution < 1.29 is 24.5 Å². The maximum absolute atomic E-state index is 11.2. The zero-order valence-electron chi connectivity index (χ0n) is 8.45. The van der Waals surface area contributed by atoms with E-state index in [0.29, 0.717) is 0 Å². The molecule has 1 aromatic rings. The molecule has 0 bridgehead atoms. The SMILES string of the molecule is N#CC(O)C(O)c1ccc2c(c1)C(=O)OC2=O. The van der Waals surface area contributed by atoms with Gasteiger partial charge >= 0.3 is 11.9 Å². The van der Waals surface area contributed by atoms with Gasteiger partial charge in [0.25, 0.3) is 0 Å². The predicted molar refractivity (Wildman–Crippen MR) is 52.8 cm³/mol. The Morgan fingerprint density at radius 2 is 1.82 bits per heavy atom. The van der Waals surface area contributed by atoms with Gasteiger partial charge < -0.3 is 14.9 Å². The molecule has 0 saturated carbocycles. The van der Waals surface area contributed by atoms with Crippen molar-refractivity contribution in [2.75, 3.05) is 0 Å². The van der Waals surface area contributed by atoms with Crippen LogP contribution in [0.2, 0.25) is 0 Å². The van der Waals surface area contributed by atoms with Gasteiger partial charge in [0, 0.05) is 0 Å². The van der Waals surface area contributed by atoms with E-state index < -0.39 is 24.1 Å². The number of carbonyl (C=O) groups excluding carboxylic acids is 2. The van der Waals surface area contributed by atoms with Crippen LogP contribution in [0.25, 0.3) is 0 Å². The molecule has 2 N–H and O–H groups in total. The zero-order chi connectivity index (χ0) is 12.6. The Morgan fingerprint density at radius 1 is 1.18 bits per heavy atom. The summed E-state index contributed by atoms with van der Waals surface area (Å²) in [6.07, 6.45) is -3.03. The lowest BCUT2D eigenvalue weighted by Crippen LogP contribution is -2.16. The molecule has 6 nitrogen and oxygen atoms in total.